The Morgan fingerprint density at radius 3 is 2.52 bits per heavy atom. The number of hydrogen-bond acceptors (Lipinski definition) is 4. The first-order chi connectivity index (χ1) is 11.9. The molecule has 0 aliphatic heterocycles. The van der Waals surface area contributed by atoms with E-state index in [0.717, 1.165) is 24.2 Å². The fraction of sp³-hybridized carbons (Fsp3) is 0.579. The molecule has 2 rings (SSSR count). The van der Waals surface area contributed by atoms with Crippen molar-refractivity contribution in [3.8, 4) is 5.75 Å². The highest BCUT2D eigenvalue weighted by molar-refractivity contribution is 5.80. The number of benzene rings is 1. The summed E-state index contributed by atoms with van der Waals surface area (Å²) in [6.45, 7) is 2.05. The van der Waals surface area contributed by atoms with Crippen LogP contribution in [0.15, 0.2) is 24.3 Å². The van der Waals surface area contributed by atoms with Gasteiger partial charge in [0.2, 0.25) is 11.8 Å². The van der Waals surface area contributed by atoms with Crippen molar-refractivity contribution in [1.29, 1.82) is 0 Å². The van der Waals surface area contributed by atoms with Crippen molar-refractivity contribution in [3.05, 3.63) is 29.8 Å². The summed E-state index contributed by atoms with van der Waals surface area (Å²) < 4.78 is 10.8. The van der Waals surface area contributed by atoms with Crippen LogP contribution in [0.5, 0.6) is 5.75 Å². The predicted octanol–water partition coefficient (Wildman–Crippen LogP) is 1.93. The molecule has 1 aliphatic carbocycles. The van der Waals surface area contributed by atoms with Crippen molar-refractivity contribution in [2.45, 2.75) is 38.5 Å². The van der Waals surface area contributed by atoms with Gasteiger partial charge in [0.1, 0.15) is 5.75 Å². The largest absolute Gasteiger partial charge is 0.497 e. The highest BCUT2D eigenvalue weighted by Gasteiger charge is 2.43. The molecule has 0 spiro atoms. The second-order valence-electron chi connectivity index (χ2n) is 6.63. The molecule has 0 unspecified atom stereocenters. The average molecular weight is 348 g/mol. The van der Waals surface area contributed by atoms with Crippen molar-refractivity contribution in [2.75, 3.05) is 28.3 Å². The second kappa shape index (κ2) is 8.34. The molecule has 0 N–H and O–H groups in total. The van der Waals surface area contributed by atoms with E-state index in [1.807, 2.05) is 24.3 Å². The van der Waals surface area contributed by atoms with Crippen molar-refractivity contribution < 1.29 is 19.1 Å². The lowest BCUT2D eigenvalue weighted by molar-refractivity contribution is -0.141. The maximum absolute atomic E-state index is 12.9. The molecule has 1 aromatic rings. The quantitative estimate of drug-likeness (QED) is 0.788. The van der Waals surface area contributed by atoms with E-state index in [4.69, 9.17) is 9.47 Å². The topological polar surface area (TPSA) is 59.1 Å². The van der Waals surface area contributed by atoms with Gasteiger partial charge in [0, 0.05) is 34.7 Å². The lowest BCUT2D eigenvalue weighted by Crippen LogP contribution is -2.46. The molecular weight excluding hydrogens is 320 g/mol. The predicted molar refractivity (Wildman–Crippen MR) is 95.2 cm³/mol. The SMILES string of the molecule is COc1cccc(CN(C)C(=O)[C@@H]2CC[C@@H](N(C)C(C)=O)[C@H]2OC)c1. The minimum Gasteiger partial charge on any atom is -0.497 e. The molecule has 6 heteroatoms. The van der Waals surface area contributed by atoms with E-state index in [1.165, 1.54) is 6.92 Å². The number of methoxy groups -OCH3 is 2. The van der Waals surface area contributed by atoms with Crippen molar-refractivity contribution in [2.24, 2.45) is 5.92 Å². The number of amides is 2. The van der Waals surface area contributed by atoms with Gasteiger partial charge in [0.05, 0.1) is 25.2 Å². The molecule has 0 heterocycles. The standard InChI is InChI=1S/C19H28N2O4/c1-13(22)21(3)17-10-9-16(18(17)25-5)19(23)20(2)12-14-7-6-8-15(11-14)24-4/h6-8,11,16-18H,9-10,12H2,1-5H3/t16-,17-,18+/m1/s1. The number of nitrogens with zero attached hydrogens (tertiary/aromatic N) is 2. The van der Waals surface area contributed by atoms with Crippen molar-refractivity contribution in [1.82, 2.24) is 9.80 Å². The average Bonchev–Trinajstić information content (AvgIpc) is 3.04. The Kier molecular flexibility index (Phi) is 6.42. The molecular formula is C19H28N2O4. The zero-order valence-electron chi connectivity index (χ0n) is 15.7. The Morgan fingerprint density at radius 2 is 1.92 bits per heavy atom. The fourth-order valence-electron chi connectivity index (χ4n) is 3.59. The fourth-order valence-corrected chi connectivity index (χ4v) is 3.59. The zero-order chi connectivity index (χ0) is 18.6. The molecule has 1 saturated carbocycles. The van der Waals surface area contributed by atoms with Crippen LogP contribution in [-0.2, 0) is 20.9 Å². The van der Waals surface area contributed by atoms with Crippen LogP contribution in [0, 0.1) is 5.92 Å². The highest BCUT2D eigenvalue weighted by atomic mass is 16.5. The van der Waals surface area contributed by atoms with Gasteiger partial charge in [-0.3, -0.25) is 9.59 Å². The third-order valence-corrected chi connectivity index (χ3v) is 5.06. The Labute approximate surface area is 149 Å². The Hall–Kier alpha value is -2.08. The number of carbonyl (C=O) groups excluding carboxylic acids is 2. The summed E-state index contributed by atoms with van der Waals surface area (Å²) in [5, 5.41) is 0. The Balaban J connectivity index is 2.06. The third-order valence-electron chi connectivity index (χ3n) is 5.06. The van der Waals surface area contributed by atoms with Gasteiger partial charge in [-0.1, -0.05) is 12.1 Å². The summed E-state index contributed by atoms with van der Waals surface area (Å²) in [4.78, 5) is 28.0. The second-order valence-corrected chi connectivity index (χ2v) is 6.63. The van der Waals surface area contributed by atoms with Gasteiger partial charge < -0.3 is 19.3 Å². The van der Waals surface area contributed by atoms with Crippen molar-refractivity contribution in [3.63, 3.8) is 0 Å². The minimum absolute atomic E-state index is 0.00937. The molecule has 0 bridgehead atoms. The van der Waals surface area contributed by atoms with E-state index < -0.39 is 0 Å². The third kappa shape index (κ3) is 4.31. The van der Waals surface area contributed by atoms with Crippen LogP contribution < -0.4 is 4.74 Å². The molecule has 25 heavy (non-hydrogen) atoms. The van der Waals surface area contributed by atoms with Gasteiger partial charge >= 0.3 is 0 Å². The summed E-state index contributed by atoms with van der Waals surface area (Å²) in [6.07, 6.45) is 1.23. The Morgan fingerprint density at radius 1 is 1.20 bits per heavy atom. The molecule has 1 fully saturated rings. The maximum Gasteiger partial charge on any atom is 0.228 e. The minimum atomic E-state index is -0.269. The first-order valence-corrected chi connectivity index (χ1v) is 8.53. The van der Waals surface area contributed by atoms with Crippen LogP contribution in [0.1, 0.15) is 25.3 Å². The van der Waals surface area contributed by atoms with Crippen molar-refractivity contribution >= 4 is 11.8 Å². The maximum atomic E-state index is 12.9. The lowest BCUT2D eigenvalue weighted by atomic mass is 10.0. The van der Waals surface area contributed by atoms with Crippen LogP contribution in [0.2, 0.25) is 0 Å². The molecule has 1 aliphatic rings. The normalized spacial score (nSPS) is 22.5. The summed E-state index contributed by atoms with van der Waals surface area (Å²) in [5.74, 6) is 0.587. The molecule has 0 aromatic heterocycles. The first-order valence-electron chi connectivity index (χ1n) is 8.53. The smallest absolute Gasteiger partial charge is 0.228 e. The zero-order valence-corrected chi connectivity index (χ0v) is 15.7. The lowest BCUT2D eigenvalue weighted by Gasteiger charge is -2.31. The van der Waals surface area contributed by atoms with Crippen LogP contribution in [0.3, 0.4) is 0 Å². The van der Waals surface area contributed by atoms with E-state index in [9.17, 15) is 9.59 Å². The summed E-state index contributed by atoms with van der Waals surface area (Å²) >= 11 is 0. The van der Waals surface area contributed by atoms with Gasteiger partial charge in [-0.25, -0.2) is 0 Å². The first kappa shape index (κ1) is 19.2. The van der Waals surface area contributed by atoms with E-state index in [-0.39, 0.29) is 29.9 Å². The van der Waals surface area contributed by atoms with Crippen LogP contribution in [-0.4, -0.2) is 62.1 Å². The van der Waals surface area contributed by atoms with Gasteiger partial charge in [-0.05, 0) is 30.5 Å². The van der Waals surface area contributed by atoms with Gasteiger partial charge in [0.15, 0.2) is 0 Å². The van der Waals surface area contributed by atoms with Crippen LogP contribution in [0.4, 0.5) is 0 Å². The summed E-state index contributed by atoms with van der Waals surface area (Å²) in [6, 6.07) is 7.64. The van der Waals surface area contributed by atoms with Gasteiger partial charge in [-0.2, -0.15) is 0 Å². The van der Waals surface area contributed by atoms with Crippen LogP contribution >= 0.6 is 0 Å². The molecule has 6 nitrogen and oxygen atoms in total. The summed E-state index contributed by atoms with van der Waals surface area (Å²) in [7, 11) is 6.81. The number of rotatable bonds is 6. The highest BCUT2D eigenvalue weighted by Crippen LogP contribution is 2.33. The van der Waals surface area contributed by atoms with E-state index in [1.54, 1.807) is 38.1 Å². The van der Waals surface area contributed by atoms with E-state index >= 15 is 0 Å². The number of hydrogen-bond donors (Lipinski definition) is 0. The molecule has 0 saturated heterocycles. The monoisotopic (exact) mass is 348 g/mol. The molecule has 0 radical (unpaired) electrons. The van der Waals surface area contributed by atoms with E-state index in [0.29, 0.717) is 6.54 Å². The van der Waals surface area contributed by atoms with Crippen LogP contribution in [0.25, 0.3) is 0 Å². The van der Waals surface area contributed by atoms with E-state index in [2.05, 4.69) is 0 Å². The molecule has 3 atom stereocenters. The molecule has 1 aromatic carbocycles. The van der Waals surface area contributed by atoms with Gasteiger partial charge in [0.25, 0.3) is 0 Å². The molecule has 138 valence electrons. The van der Waals surface area contributed by atoms with Gasteiger partial charge in [-0.15, -0.1) is 0 Å². The number of likely N-dealkylation sites (N-methyl/N-ethyl adjacent to an activating group) is 1. The number of carbonyl (C=O) groups is 2. The number of ether oxygens (including phenoxy) is 2. The Bertz CT molecular complexity index is 619. The summed E-state index contributed by atoms with van der Waals surface area (Å²) in [5.41, 5.74) is 1.01. The molecule has 2 amide bonds.